The molecule has 1 aliphatic carbocycles. The fourth-order valence-corrected chi connectivity index (χ4v) is 3.55. The van der Waals surface area contributed by atoms with E-state index in [1.54, 1.807) is 19.2 Å². The molecule has 6 heteroatoms. The predicted octanol–water partition coefficient (Wildman–Crippen LogP) is 2.07. The van der Waals surface area contributed by atoms with E-state index in [2.05, 4.69) is 0 Å². The average Bonchev–Trinajstić information content (AvgIpc) is 2.63. The van der Waals surface area contributed by atoms with Gasteiger partial charge >= 0.3 is 11.7 Å². The van der Waals surface area contributed by atoms with Crippen molar-refractivity contribution in [2.45, 2.75) is 38.6 Å². The van der Waals surface area contributed by atoms with E-state index in [-0.39, 0.29) is 11.2 Å². The number of aromatic nitrogens is 2. The maximum absolute atomic E-state index is 12.8. The van der Waals surface area contributed by atoms with E-state index in [0.29, 0.717) is 28.9 Å². The summed E-state index contributed by atoms with van der Waals surface area (Å²) in [5, 5.41) is 0.371. The van der Waals surface area contributed by atoms with Gasteiger partial charge < -0.3 is 4.74 Å². The lowest BCUT2D eigenvalue weighted by Gasteiger charge is -2.22. The minimum atomic E-state index is -0.496. The van der Waals surface area contributed by atoms with Crippen molar-refractivity contribution < 1.29 is 9.53 Å². The zero-order chi connectivity index (χ0) is 17.3. The normalized spacial score (nSPS) is 15.6. The van der Waals surface area contributed by atoms with Crippen LogP contribution in [0.15, 0.2) is 27.8 Å². The van der Waals surface area contributed by atoms with Crippen molar-refractivity contribution in [3.05, 3.63) is 44.6 Å². The van der Waals surface area contributed by atoms with Crippen molar-refractivity contribution in [2.24, 2.45) is 13.0 Å². The van der Waals surface area contributed by atoms with Crippen molar-refractivity contribution in [1.82, 2.24) is 9.13 Å². The fourth-order valence-electron chi connectivity index (χ4n) is 3.55. The van der Waals surface area contributed by atoms with E-state index >= 15 is 0 Å². The maximum atomic E-state index is 12.8. The van der Waals surface area contributed by atoms with Gasteiger partial charge in [0.2, 0.25) is 0 Å². The van der Waals surface area contributed by atoms with Crippen molar-refractivity contribution in [1.29, 1.82) is 0 Å². The maximum Gasteiger partial charge on any atom is 0.337 e. The number of nitrogens with zero attached hydrogens (tertiary/aromatic N) is 2. The van der Waals surface area contributed by atoms with Crippen LogP contribution < -0.4 is 11.2 Å². The molecule has 0 spiro atoms. The average molecular weight is 330 g/mol. The highest BCUT2D eigenvalue weighted by Crippen LogP contribution is 2.24. The molecule has 0 N–H and O–H groups in total. The van der Waals surface area contributed by atoms with Crippen LogP contribution in [-0.2, 0) is 18.3 Å². The molecule has 0 unspecified atom stereocenters. The van der Waals surface area contributed by atoms with Gasteiger partial charge in [0.25, 0.3) is 5.56 Å². The largest absolute Gasteiger partial charge is 0.465 e. The summed E-state index contributed by atoms with van der Waals surface area (Å²) in [7, 11) is 2.95. The zero-order valence-corrected chi connectivity index (χ0v) is 14.1. The predicted molar refractivity (Wildman–Crippen MR) is 91.4 cm³/mol. The fraction of sp³-hybridized carbons (Fsp3) is 0.500. The molecule has 0 radical (unpaired) electrons. The highest BCUT2D eigenvalue weighted by atomic mass is 16.5. The number of rotatable bonds is 3. The van der Waals surface area contributed by atoms with Crippen LogP contribution in [0.2, 0.25) is 0 Å². The third kappa shape index (κ3) is 2.88. The smallest absolute Gasteiger partial charge is 0.337 e. The molecule has 1 aromatic carbocycles. The molecule has 1 heterocycles. The van der Waals surface area contributed by atoms with Gasteiger partial charge in [-0.05, 0) is 37.0 Å². The molecule has 128 valence electrons. The van der Waals surface area contributed by atoms with Gasteiger partial charge in [0, 0.05) is 13.6 Å². The van der Waals surface area contributed by atoms with E-state index in [1.165, 1.54) is 28.7 Å². The zero-order valence-electron chi connectivity index (χ0n) is 14.1. The number of fused-ring (bicyclic) bond motifs is 1. The molecule has 6 nitrogen and oxygen atoms in total. The Hall–Kier alpha value is -2.37. The summed E-state index contributed by atoms with van der Waals surface area (Å²) in [6.45, 7) is 0.448. The van der Waals surface area contributed by atoms with Crippen LogP contribution in [0, 0.1) is 5.92 Å². The second-order valence-corrected chi connectivity index (χ2v) is 6.48. The van der Waals surface area contributed by atoms with Crippen LogP contribution in [0.1, 0.15) is 42.5 Å². The highest BCUT2D eigenvalue weighted by molar-refractivity contribution is 5.94. The van der Waals surface area contributed by atoms with Gasteiger partial charge in [0.05, 0.1) is 23.6 Å². The van der Waals surface area contributed by atoms with Crippen LogP contribution in [0.4, 0.5) is 0 Å². The first-order valence-electron chi connectivity index (χ1n) is 8.35. The number of aryl methyl sites for hydroxylation is 1. The quantitative estimate of drug-likeness (QED) is 0.808. The minimum absolute atomic E-state index is 0.302. The third-order valence-electron chi connectivity index (χ3n) is 4.94. The van der Waals surface area contributed by atoms with Gasteiger partial charge in [-0.1, -0.05) is 19.3 Å². The lowest BCUT2D eigenvalue weighted by molar-refractivity contribution is 0.0601. The van der Waals surface area contributed by atoms with E-state index in [1.807, 2.05) is 0 Å². The number of hydrogen-bond donors (Lipinski definition) is 0. The van der Waals surface area contributed by atoms with Gasteiger partial charge in [0.1, 0.15) is 0 Å². The number of hydrogen-bond acceptors (Lipinski definition) is 4. The molecule has 0 bridgehead atoms. The minimum Gasteiger partial charge on any atom is -0.465 e. The molecule has 1 fully saturated rings. The van der Waals surface area contributed by atoms with Gasteiger partial charge in [-0.25, -0.2) is 9.59 Å². The highest BCUT2D eigenvalue weighted by Gasteiger charge is 2.19. The molecule has 0 saturated heterocycles. The van der Waals surface area contributed by atoms with Crippen molar-refractivity contribution in [3.63, 3.8) is 0 Å². The lowest BCUT2D eigenvalue weighted by Crippen LogP contribution is -2.41. The summed E-state index contributed by atoms with van der Waals surface area (Å²) in [6, 6.07) is 4.70. The number of esters is 1. The first-order chi connectivity index (χ1) is 11.5. The Morgan fingerprint density at radius 1 is 1.21 bits per heavy atom. The molecule has 0 aliphatic heterocycles. The molecule has 2 aromatic rings. The van der Waals surface area contributed by atoms with E-state index in [0.717, 1.165) is 25.7 Å². The second kappa shape index (κ2) is 6.63. The Morgan fingerprint density at radius 3 is 2.58 bits per heavy atom. The van der Waals surface area contributed by atoms with Gasteiger partial charge in [-0.15, -0.1) is 0 Å². The summed E-state index contributed by atoms with van der Waals surface area (Å²) in [5.41, 5.74) is 0.204. The van der Waals surface area contributed by atoms with Crippen LogP contribution in [0.25, 0.3) is 10.9 Å². The topological polar surface area (TPSA) is 70.3 Å². The summed E-state index contributed by atoms with van der Waals surface area (Å²) in [5.74, 6) is -0.130. The molecular weight excluding hydrogens is 308 g/mol. The molecule has 0 atom stereocenters. The first kappa shape index (κ1) is 16.5. The van der Waals surface area contributed by atoms with Crippen LogP contribution >= 0.6 is 0 Å². The monoisotopic (exact) mass is 330 g/mol. The van der Waals surface area contributed by atoms with Crippen molar-refractivity contribution in [2.75, 3.05) is 7.11 Å². The first-order valence-corrected chi connectivity index (χ1v) is 8.35. The standard InChI is InChI=1S/C18H22N2O4/c1-19-15-9-8-13(17(22)24-2)10-14(15)16(21)20(18(19)23)11-12-6-4-3-5-7-12/h8-10,12H,3-7,11H2,1-2H3. The number of benzene rings is 1. The number of ether oxygens (including phenoxy) is 1. The summed E-state index contributed by atoms with van der Waals surface area (Å²) >= 11 is 0. The molecule has 1 aliphatic rings. The Kier molecular flexibility index (Phi) is 4.55. The van der Waals surface area contributed by atoms with Crippen LogP contribution in [-0.4, -0.2) is 22.2 Å². The molecule has 3 rings (SSSR count). The van der Waals surface area contributed by atoms with Gasteiger partial charge in [0.15, 0.2) is 0 Å². The van der Waals surface area contributed by atoms with E-state index in [9.17, 15) is 14.4 Å². The number of methoxy groups -OCH3 is 1. The van der Waals surface area contributed by atoms with Gasteiger partial charge in [-0.3, -0.25) is 13.9 Å². The van der Waals surface area contributed by atoms with E-state index in [4.69, 9.17) is 4.74 Å². The number of carbonyl (C=O) groups excluding carboxylic acids is 1. The summed E-state index contributed by atoms with van der Waals surface area (Å²) in [4.78, 5) is 37.1. The lowest BCUT2D eigenvalue weighted by atomic mass is 9.89. The second-order valence-electron chi connectivity index (χ2n) is 6.48. The SMILES string of the molecule is COC(=O)c1ccc2c(c1)c(=O)n(CC1CCCCC1)c(=O)n2C. The Balaban J connectivity index is 2.13. The molecule has 0 amide bonds. The Labute approximate surface area is 139 Å². The Morgan fingerprint density at radius 2 is 1.92 bits per heavy atom. The number of carbonyl (C=O) groups is 1. The Bertz CT molecular complexity index is 888. The molecular formula is C18H22N2O4. The molecule has 1 saturated carbocycles. The molecule has 1 aromatic heterocycles. The van der Waals surface area contributed by atoms with Crippen LogP contribution in [0.5, 0.6) is 0 Å². The summed E-state index contributed by atoms with van der Waals surface area (Å²) in [6.07, 6.45) is 5.63. The molecule has 24 heavy (non-hydrogen) atoms. The third-order valence-corrected chi connectivity index (χ3v) is 4.94. The summed E-state index contributed by atoms with van der Waals surface area (Å²) < 4.78 is 7.51. The van der Waals surface area contributed by atoms with Gasteiger partial charge in [-0.2, -0.15) is 0 Å². The van der Waals surface area contributed by atoms with Crippen molar-refractivity contribution >= 4 is 16.9 Å². The van der Waals surface area contributed by atoms with E-state index < -0.39 is 5.97 Å². The van der Waals surface area contributed by atoms with Crippen LogP contribution in [0.3, 0.4) is 0 Å². The van der Waals surface area contributed by atoms with Crippen molar-refractivity contribution in [3.8, 4) is 0 Å².